The fraction of sp³-hybridized carbons (Fsp3) is 0.429. The third kappa shape index (κ3) is 3.89. The van der Waals surface area contributed by atoms with Crippen LogP contribution in [0.5, 0.6) is 5.75 Å². The molecule has 7 heteroatoms. The van der Waals surface area contributed by atoms with Crippen LogP contribution in [0.25, 0.3) is 0 Å². The maximum absolute atomic E-state index is 11.9. The highest BCUT2D eigenvalue weighted by atomic mass is 79.9. The molecule has 1 aromatic rings. The van der Waals surface area contributed by atoms with Crippen LogP contribution in [-0.4, -0.2) is 29.1 Å². The van der Waals surface area contributed by atoms with E-state index in [2.05, 4.69) is 21.2 Å². The molecule has 0 aliphatic heterocycles. The first-order valence-corrected chi connectivity index (χ1v) is 7.62. The number of carbonyl (C=O) groups excluding carboxylic acids is 1. The standard InChI is InChI=1S/C14H15BrClNO4/c1-14(13(19)20,8-2-3-8)17-12(18)7-21-11-5-4-9(15)6-10(11)16/h4-6,8H,2-3,7H2,1H3,(H,17,18)(H,19,20). The van der Waals surface area contributed by atoms with Crippen LogP contribution < -0.4 is 10.1 Å². The van der Waals surface area contributed by atoms with Crippen molar-refractivity contribution in [3.8, 4) is 5.75 Å². The summed E-state index contributed by atoms with van der Waals surface area (Å²) >= 11 is 9.25. The Kier molecular flexibility index (Phi) is 4.78. The zero-order chi connectivity index (χ0) is 15.6. The summed E-state index contributed by atoms with van der Waals surface area (Å²) in [7, 11) is 0. The molecule has 1 saturated carbocycles. The molecule has 0 bridgehead atoms. The molecule has 21 heavy (non-hydrogen) atoms. The molecule has 0 radical (unpaired) electrons. The monoisotopic (exact) mass is 375 g/mol. The molecule has 0 spiro atoms. The van der Waals surface area contributed by atoms with Crippen molar-refractivity contribution >= 4 is 39.4 Å². The van der Waals surface area contributed by atoms with Crippen LogP contribution >= 0.6 is 27.5 Å². The molecule has 2 rings (SSSR count). The van der Waals surface area contributed by atoms with Gasteiger partial charge in [0, 0.05) is 4.47 Å². The summed E-state index contributed by atoms with van der Waals surface area (Å²) in [6.45, 7) is 1.24. The van der Waals surface area contributed by atoms with Crippen molar-refractivity contribution in [2.24, 2.45) is 5.92 Å². The quantitative estimate of drug-likeness (QED) is 0.800. The lowest BCUT2D eigenvalue weighted by Crippen LogP contribution is -2.55. The molecule has 1 aliphatic rings. The van der Waals surface area contributed by atoms with Crippen LogP contribution in [0, 0.1) is 5.92 Å². The van der Waals surface area contributed by atoms with Gasteiger partial charge in [-0.25, -0.2) is 4.79 Å². The number of amides is 1. The molecule has 5 nitrogen and oxygen atoms in total. The Balaban J connectivity index is 1.94. The fourth-order valence-electron chi connectivity index (χ4n) is 2.05. The van der Waals surface area contributed by atoms with E-state index >= 15 is 0 Å². The van der Waals surface area contributed by atoms with Crippen molar-refractivity contribution in [2.45, 2.75) is 25.3 Å². The third-order valence-corrected chi connectivity index (χ3v) is 4.28. The van der Waals surface area contributed by atoms with E-state index in [0.29, 0.717) is 10.8 Å². The summed E-state index contributed by atoms with van der Waals surface area (Å²) in [5.74, 6) is -1.15. The van der Waals surface area contributed by atoms with E-state index < -0.39 is 17.4 Å². The number of ether oxygens (including phenoxy) is 1. The first-order chi connectivity index (χ1) is 9.83. The smallest absolute Gasteiger partial charge is 0.329 e. The Labute approximate surface area is 135 Å². The summed E-state index contributed by atoms with van der Waals surface area (Å²) in [6.07, 6.45) is 1.62. The second-order valence-corrected chi connectivity index (χ2v) is 6.52. The maximum atomic E-state index is 11.9. The van der Waals surface area contributed by atoms with Crippen LogP contribution in [0.15, 0.2) is 22.7 Å². The molecule has 1 aliphatic carbocycles. The van der Waals surface area contributed by atoms with Gasteiger partial charge in [0.1, 0.15) is 11.3 Å². The number of aliphatic carboxylic acids is 1. The van der Waals surface area contributed by atoms with Gasteiger partial charge in [-0.2, -0.15) is 0 Å². The molecule has 1 atom stereocenters. The van der Waals surface area contributed by atoms with E-state index in [0.717, 1.165) is 17.3 Å². The number of carbonyl (C=O) groups is 2. The minimum atomic E-state index is -1.23. The Morgan fingerprint density at radius 3 is 2.71 bits per heavy atom. The van der Waals surface area contributed by atoms with Crippen LogP contribution in [0.3, 0.4) is 0 Å². The molecule has 0 aromatic heterocycles. The molecule has 0 saturated heterocycles. The summed E-state index contributed by atoms with van der Waals surface area (Å²) < 4.78 is 6.12. The molecule has 0 heterocycles. The van der Waals surface area contributed by atoms with Crippen molar-refractivity contribution in [1.29, 1.82) is 0 Å². The fourth-order valence-corrected chi connectivity index (χ4v) is 2.78. The topological polar surface area (TPSA) is 75.6 Å². The van der Waals surface area contributed by atoms with Crippen molar-refractivity contribution in [1.82, 2.24) is 5.32 Å². The predicted molar refractivity (Wildman–Crippen MR) is 81.6 cm³/mol. The first kappa shape index (κ1) is 16.1. The summed E-state index contributed by atoms with van der Waals surface area (Å²) in [6, 6.07) is 5.03. The second-order valence-electron chi connectivity index (χ2n) is 5.19. The van der Waals surface area contributed by atoms with Gasteiger partial charge in [0.15, 0.2) is 6.61 Å². The van der Waals surface area contributed by atoms with Crippen LogP contribution in [0.4, 0.5) is 0 Å². The van der Waals surface area contributed by atoms with Crippen LogP contribution in [-0.2, 0) is 9.59 Å². The van der Waals surface area contributed by atoms with Crippen molar-refractivity contribution in [2.75, 3.05) is 6.61 Å². The highest BCUT2D eigenvalue weighted by Crippen LogP contribution is 2.39. The van der Waals surface area contributed by atoms with Crippen LogP contribution in [0.2, 0.25) is 5.02 Å². The van der Waals surface area contributed by atoms with Gasteiger partial charge >= 0.3 is 5.97 Å². The van der Waals surface area contributed by atoms with E-state index in [4.69, 9.17) is 16.3 Å². The second kappa shape index (κ2) is 6.23. The molecule has 114 valence electrons. The summed E-state index contributed by atoms with van der Waals surface area (Å²) in [5, 5.41) is 12.2. The number of benzene rings is 1. The van der Waals surface area contributed by atoms with Crippen molar-refractivity contribution < 1.29 is 19.4 Å². The van der Waals surface area contributed by atoms with Crippen molar-refractivity contribution in [3.63, 3.8) is 0 Å². The maximum Gasteiger partial charge on any atom is 0.329 e. The van der Waals surface area contributed by atoms with E-state index in [9.17, 15) is 14.7 Å². The molecular weight excluding hydrogens is 362 g/mol. The highest BCUT2D eigenvalue weighted by molar-refractivity contribution is 9.10. The van der Waals surface area contributed by atoms with E-state index in [1.54, 1.807) is 18.2 Å². The van der Waals surface area contributed by atoms with Gasteiger partial charge in [-0.15, -0.1) is 0 Å². The van der Waals surface area contributed by atoms with Crippen molar-refractivity contribution in [3.05, 3.63) is 27.7 Å². The third-order valence-electron chi connectivity index (χ3n) is 3.49. The van der Waals surface area contributed by atoms with Gasteiger partial charge < -0.3 is 15.2 Å². The van der Waals surface area contributed by atoms with Crippen LogP contribution in [0.1, 0.15) is 19.8 Å². The zero-order valence-electron chi connectivity index (χ0n) is 11.4. The Hall–Kier alpha value is -1.27. The lowest BCUT2D eigenvalue weighted by atomic mass is 9.96. The Morgan fingerprint density at radius 1 is 1.52 bits per heavy atom. The first-order valence-electron chi connectivity index (χ1n) is 6.45. The van der Waals surface area contributed by atoms with E-state index in [1.165, 1.54) is 6.92 Å². The van der Waals surface area contributed by atoms with Gasteiger partial charge in [-0.1, -0.05) is 27.5 Å². The lowest BCUT2D eigenvalue weighted by Gasteiger charge is -2.26. The van der Waals surface area contributed by atoms with Gasteiger partial charge in [-0.05, 0) is 43.9 Å². The van der Waals surface area contributed by atoms with E-state index in [-0.39, 0.29) is 12.5 Å². The summed E-state index contributed by atoms with van der Waals surface area (Å²) in [4.78, 5) is 23.2. The highest BCUT2D eigenvalue weighted by Gasteiger charge is 2.48. The predicted octanol–water partition coefficient (Wildman–Crippen LogP) is 2.85. The number of hydrogen-bond donors (Lipinski definition) is 2. The van der Waals surface area contributed by atoms with Gasteiger partial charge in [-0.3, -0.25) is 4.79 Å². The molecule has 1 unspecified atom stereocenters. The van der Waals surface area contributed by atoms with E-state index in [1.807, 2.05) is 0 Å². The number of hydrogen-bond acceptors (Lipinski definition) is 3. The van der Waals surface area contributed by atoms with Gasteiger partial charge in [0.2, 0.25) is 0 Å². The number of carboxylic acid groups (broad SMARTS) is 1. The number of nitrogens with one attached hydrogen (secondary N) is 1. The lowest BCUT2D eigenvalue weighted by molar-refractivity contribution is -0.148. The number of rotatable bonds is 6. The zero-order valence-corrected chi connectivity index (χ0v) is 13.7. The number of halogens is 2. The molecule has 1 fully saturated rings. The van der Waals surface area contributed by atoms with Gasteiger partial charge in [0.25, 0.3) is 5.91 Å². The van der Waals surface area contributed by atoms with Gasteiger partial charge in [0.05, 0.1) is 5.02 Å². The minimum absolute atomic E-state index is 0.0183. The number of carboxylic acids is 1. The normalized spacial score (nSPS) is 16.9. The molecular formula is C14H15BrClNO4. The minimum Gasteiger partial charge on any atom is -0.482 e. The molecule has 1 amide bonds. The average molecular weight is 377 g/mol. The molecule has 1 aromatic carbocycles. The average Bonchev–Trinajstić information content (AvgIpc) is 3.21. The molecule has 2 N–H and O–H groups in total. The Bertz CT molecular complexity index is 576. The largest absolute Gasteiger partial charge is 0.482 e. The Morgan fingerprint density at radius 2 is 2.19 bits per heavy atom. The SMILES string of the molecule is CC(NC(=O)COc1ccc(Br)cc1Cl)(C(=O)O)C1CC1. The summed E-state index contributed by atoms with van der Waals surface area (Å²) in [5.41, 5.74) is -1.23.